The summed E-state index contributed by atoms with van der Waals surface area (Å²) < 4.78 is 5.85. The minimum absolute atomic E-state index is 0.0202. The van der Waals surface area contributed by atoms with Gasteiger partial charge in [-0.1, -0.05) is 73.1 Å². The Morgan fingerprint density at radius 1 is 1.05 bits per heavy atom. The van der Waals surface area contributed by atoms with Crippen molar-refractivity contribution >= 4 is 33.5 Å². The van der Waals surface area contributed by atoms with Gasteiger partial charge in [0.25, 0.3) is 0 Å². The zero-order valence-corrected chi connectivity index (χ0v) is 25.6. The number of hydrogen-bond acceptors (Lipinski definition) is 4. The van der Waals surface area contributed by atoms with E-state index in [0.717, 1.165) is 42.6 Å². The fraction of sp³-hybridized carbons (Fsp3) is 0.394. The summed E-state index contributed by atoms with van der Waals surface area (Å²) >= 11 is 3.46. The van der Waals surface area contributed by atoms with Gasteiger partial charge in [0.15, 0.2) is 0 Å². The molecule has 1 heterocycles. The Bertz CT molecular complexity index is 1370. The molecule has 0 aliphatic carbocycles. The van der Waals surface area contributed by atoms with Crippen LogP contribution >= 0.6 is 15.9 Å². The van der Waals surface area contributed by atoms with Crippen LogP contribution in [0, 0.1) is 6.92 Å². The molecule has 4 rings (SSSR count). The van der Waals surface area contributed by atoms with Crippen molar-refractivity contribution in [2.45, 2.75) is 64.8 Å². The van der Waals surface area contributed by atoms with Gasteiger partial charge >= 0.3 is 5.97 Å². The van der Waals surface area contributed by atoms with Crippen LogP contribution in [0.4, 0.5) is 5.69 Å². The lowest BCUT2D eigenvalue weighted by Crippen LogP contribution is -2.35. The van der Waals surface area contributed by atoms with Gasteiger partial charge in [-0.25, -0.2) is 4.79 Å². The Balaban J connectivity index is 1.73. The van der Waals surface area contributed by atoms with Gasteiger partial charge in [-0.05, 0) is 72.1 Å². The number of anilines is 1. The van der Waals surface area contributed by atoms with E-state index in [2.05, 4.69) is 96.3 Å². The van der Waals surface area contributed by atoms with Crippen molar-refractivity contribution < 1.29 is 19.4 Å². The van der Waals surface area contributed by atoms with E-state index in [0.29, 0.717) is 10.0 Å². The van der Waals surface area contributed by atoms with E-state index in [1.54, 1.807) is 6.07 Å². The number of benzene rings is 3. The summed E-state index contributed by atoms with van der Waals surface area (Å²) in [7, 11) is 1.43. The average Bonchev–Trinajstić information content (AvgIpc) is 2.92. The maximum absolute atomic E-state index is 13.7. The summed E-state index contributed by atoms with van der Waals surface area (Å²) in [5.41, 5.74) is 6.37. The number of nitrogens with one attached hydrogen (secondary N) is 1. The van der Waals surface area contributed by atoms with Gasteiger partial charge in [0.05, 0.1) is 19.6 Å². The summed E-state index contributed by atoms with van der Waals surface area (Å²) in [5.74, 6) is -1.03. The molecule has 1 aliphatic rings. The molecule has 1 aliphatic heterocycles. The molecule has 212 valence electrons. The highest BCUT2D eigenvalue weighted by Gasteiger charge is 2.26. The number of halogens is 1. The summed E-state index contributed by atoms with van der Waals surface area (Å²) in [5, 5.41) is 12.8. The largest absolute Gasteiger partial charge is 0.496 e. The Morgan fingerprint density at radius 2 is 1.73 bits per heavy atom. The highest BCUT2D eigenvalue weighted by molar-refractivity contribution is 9.10. The number of aryl methyl sites for hydroxylation is 1. The smallest absolute Gasteiger partial charge is 0.339 e. The highest BCUT2D eigenvalue weighted by atomic mass is 79.9. The van der Waals surface area contributed by atoms with Crippen molar-refractivity contribution in [3.8, 4) is 5.75 Å². The van der Waals surface area contributed by atoms with Crippen LogP contribution in [-0.2, 0) is 16.6 Å². The first-order chi connectivity index (χ1) is 19.0. The normalized spacial score (nSPS) is 14.5. The van der Waals surface area contributed by atoms with Gasteiger partial charge < -0.3 is 20.1 Å². The number of aromatic carboxylic acids is 1. The van der Waals surface area contributed by atoms with E-state index in [9.17, 15) is 14.7 Å². The monoisotopic (exact) mass is 606 g/mol. The molecule has 0 spiro atoms. The van der Waals surface area contributed by atoms with Crippen molar-refractivity contribution in [2.75, 3.05) is 25.1 Å². The third-order valence-corrected chi connectivity index (χ3v) is 8.39. The highest BCUT2D eigenvalue weighted by Crippen LogP contribution is 2.36. The maximum atomic E-state index is 13.7. The maximum Gasteiger partial charge on any atom is 0.339 e. The lowest BCUT2D eigenvalue weighted by Gasteiger charge is -2.34. The Labute approximate surface area is 245 Å². The number of carbonyl (C=O) groups excluding carboxylic acids is 1. The zero-order valence-electron chi connectivity index (χ0n) is 24.0. The van der Waals surface area contributed by atoms with Gasteiger partial charge in [-0.3, -0.25) is 4.79 Å². The first-order valence-electron chi connectivity index (χ1n) is 13.8. The molecule has 7 heteroatoms. The second kappa shape index (κ2) is 12.5. The third-order valence-electron chi connectivity index (χ3n) is 7.65. The summed E-state index contributed by atoms with van der Waals surface area (Å²) in [6.45, 7) is 10.7. The molecule has 0 aromatic heterocycles. The molecule has 0 radical (unpaired) electrons. The standard InChI is InChI=1S/C33H39BrN2O4/c1-21-10-9-11-27(36-16-7-6-8-17-36)30(21)31(22-12-14-24(15-13-22)33(2,3)4)35-29(37)19-23-18-28(40-5)25(32(38)39)20-26(23)34/h9-15,18,20,31H,6-8,16-17,19H2,1-5H3,(H,35,37)(H,38,39). The lowest BCUT2D eigenvalue weighted by molar-refractivity contribution is -0.120. The van der Waals surface area contributed by atoms with Crippen LogP contribution in [0.25, 0.3) is 0 Å². The van der Waals surface area contributed by atoms with E-state index < -0.39 is 5.97 Å². The van der Waals surface area contributed by atoms with E-state index in [-0.39, 0.29) is 35.1 Å². The number of nitrogens with zero attached hydrogens (tertiary/aromatic N) is 1. The Morgan fingerprint density at radius 3 is 2.33 bits per heavy atom. The first-order valence-corrected chi connectivity index (χ1v) is 14.6. The molecular formula is C33H39BrN2O4. The predicted octanol–water partition coefficient (Wildman–Crippen LogP) is 7.20. The number of carbonyl (C=O) groups is 2. The summed E-state index contributed by atoms with van der Waals surface area (Å²) in [6.07, 6.45) is 3.63. The number of ether oxygens (including phenoxy) is 1. The molecule has 40 heavy (non-hydrogen) atoms. The minimum atomic E-state index is -1.09. The molecule has 0 saturated carbocycles. The number of carboxylic acid groups (broad SMARTS) is 1. The van der Waals surface area contributed by atoms with Crippen molar-refractivity contribution in [2.24, 2.45) is 0 Å². The quantitative estimate of drug-likeness (QED) is 0.283. The Hall–Kier alpha value is -3.32. The van der Waals surface area contributed by atoms with Gasteiger partial charge in [0.1, 0.15) is 11.3 Å². The molecule has 1 saturated heterocycles. The zero-order chi connectivity index (χ0) is 29.0. The average molecular weight is 608 g/mol. The van der Waals surface area contributed by atoms with Gasteiger partial charge in [0.2, 0.25) is 5.91 Å². The number of hydrogen-bond donors (Lipinski definition) is 2. The molecular weight excluding hydrogens is 568 g/mol. The topological polar surface area (TPSA) is 78.9 Å². The van der Waals surface area contributed by atoms with E-state index in [1.165, 1.54) is 30.8 Å². The van der Waals surface area contributed by atoms with E-state index in [4.69, 9.17) is 4.74 Å². The molecule has 6 nitrogen and oxygen atoms in total. The molecule has 3 aromatic rings. The number of methoxy groups -OCH3 is 1. The predicted molar refractivity (Wildman–Crippen MR) is 164 cm³/mol. The van der Waals surface area contributed by atoms with Gasteiger partial charge in [-0.2, -0.15) is 0 Å². The van der Waals surface area contributed by atoms with Crippen molar-refractivity contribution in [1.29, 1.82) is 0 Å². The third kappa shape index (κ3) is 6.69. The van der Waals surface area contributed by atoms with Crippen LogP contribution < -0.4 is 15.0 Å². The Kier molecular flexibility index (Phi) is 9.24. The summed E-state index contributed by atoms with van der Waals surface area (Å²) in [4.78, 5) is 27.7. The van der Waals surface area contributed by atoms with Crippen molar-refractivity contribution in [1.82, 2.24) is 5.32 Å². The molecule has 1 atom stereocenters. The minimum Gasteiger partial charge on any atom is -0.496 e. The van der Waals surface area contributed by atoms with Crippen LogP contribution in [-0.4, -0.2) is 37.2 Å². The van der Waals surface area contributed by atoms with Crippen LogP contribution in [0.2, 0.25) is 0 Å². The number of carboxylic acids is 1. The molecule has 3 aromatic carbocycles. The second-order valence-electron chi connectivity index (χ2n) is 11.6. The molecule has 0 bridgehead atoms. The number of piperidine rings is 1. The fourth-order valence-corrected chi connectivity index (χ4v) is 5.88. The van der Waals surface area contributed by atoms with Crippen molar-refractivity contribution in [3.63, 3.8) is 0 Å². The second-order valence-corrected chi connectivity index (χ2v) is 12.4. The molecule has 2 N–H and O–H groups in total. The van der Waals surface area contributed by atoms with Gasteiger partial charge in [0, 0.05) is 28.8 Å². The SMILES string of the molecule is COc1cc(CC(=O)NC(c2ccc(C(C)(C)C)cc2)c2c(C)cccc2N2CCCCC2)c(Br)cc1C(=O)O. The van der Waals surface area contributed by atoms with Crippen LogP contribution in [0.5, 0.6) is 5.75 Å². The fourth-order valence-electron chi connectivity index (χ4n) is 5.40. The lowest BCUT2D eigenvalue weighted by atomic mass is 9.85. The van der Waals surface area contributed by atoms with Crippen LogP contribution in [0.1, 0.15) is 84.3 Å². The molecule has 1 fully saturated rings. The van der Waals surface area contributed by atoms with Gasteiger partial charge in [-0.15, -0.1) is 0 Å². The molecule has 1 amide bonds. The summed E-state index contributed by atoms with van der Waals surface area (Å²) in [6, 6.07) is 17.7. The van der Waals surface area contributed by atoms with Crippen LogP contribution in [0.15, 0.2) is 59.1 Å². The number of amides is 1. The van der Waals surface area contributed by atoms with E-state index >= 15 is 0 Å². The van der Waals surface area contributed by atoms with Crippen molar-refractivity contribution in [3.05, 3.63) is 92.5 Å². The molecule has 1 unspecified atom stereocenters. The first kappa shape index (κ1) is 29.7. The van der Waals surface area contributed by atoms with E-state index in [1.807, 2.05) is 0 Å². The number of rotatable bonds is 8. The van der Waals surface area contributed by atoms with Crippen LogP contribution in [0.3, 0.4) is 0 Å².